The molecule has 2 fully saturated rings. The van der Waals surface area contributed by atoms with Gasteiger partial charge in [-0.1, -0.05) is 63.8 Å². The Balaban J connectivity index is 1.04. The van der Waals surface area contributed by atoms with Gasteiger partial charge in [0, 0.05) is 29.6 Å². The van der Waals surface area contributed by atoms with Gasteiger partial charge in [0.05, 0.1) is 49.2 Å². The average Bonchev–Trinajstić information content (AvgIpc) is 4.06. The smallest absolute Gasteiger partial charge is 0.407 e. The van der Waals surface area contributed by atoms with E-state index in [4.69, 9.17) is 14.5 Å². The summed E-state index contributed by atoms with van der Waals surface area (Å²) in [6.45, 7) is 8.77. The highest BCUT2D eigenvalue weighted by Gasteiger charge is 2.39. The summed E-state index contributed by atoms with van der Waals surface area (Å²) in [5.41, 5.74) is 5.24. The molecule has 2 aliphatic rings. The first kappa shape index (κ1) is 39.9. The molecule has 0 spiro atoms. The van der Waals surface area contributed by atoms with Gasteiger partial charge in [-0.3, -0.25) is 9.59 Å². The first-order chi connectivity index (χ1) is 27.9. The van der Waals surface area contributed by atoms with E-state index in [0.29, 0.717) is 18.9 Å². The van der Waals surface area contributed by atoms with Gasteiger partial charge in [-0.05, 0) is 78.8 Å². The van der Waals surface area contributed by atoms with Gasteiger partial charge >= 0.3 is 12.2 Å². The molecule has 14 nitrogen and oxygen atoms in total. The quantitative estimate of drug-likeness (QED) is 0.121. The monoisotopic (exact) mass is 786 g/mol. The molecule has 2 aromatic heterocycles. The molecule has 0 bridgehead atoms. The Morgan fingerprint density at radius 1 is 0.741 bits per heavy atom. The van der Waals surface area contributed by atoms with Crippen LogP contribution in [-0.4, -0.2) is 93.1 Å². The first-order valence-electron chi connectivity index (χ1n) is 19.8. The summed E-state index contributed by atoms with van der Waals surface area (Å²) in [7, 11) is 2.58. The Labute approximate surface area is 337 Å². The summed E-state index contributed by atoms with van der Waals surface area (Å²) in [6.07, 6.45) is 3.76. The molecule has 58 heavy (non-hydrogen) atoms. The molecular formula is C44H50N8O6. The molecule has 2 aliphatic heterocycles. The highest BCUT2D eigenvalue weighted by atomic mass is 16.5. The number of amides is 4. The van der Waals surface area contributed by atoms with Crippen LogP contribution in [0.4, 0.5) is 9.59 Å². The van der Waals surface area contributed by atoms with Crippen molar-refractivity contribution in [3.05, 3.63) is 83.6 Å². The fraction of sp³-hybridized carbons (Fsp3) is 0.409. The molecule has 0 saturated carbocycles. The minimum absolute atomic E-state index is 0.108. The summed E-state index contributed by atoms with van der Waals surface area (Å²) < 4.78 is 9.53. The third-order valence-corrected chi connectivity index (χ3v) is 11.1. The standard InChI is InChI=1S/C44H50N8O6/c1-25(2)36(49-43(55)57-5)41(53)51-21-7-9-34(51)39-45-24-33(47-39)29-16-13-27(14-17-29)11-12-28-15-19-31-30(23-28)18-20-32-38(31)48-40(46-32)35-10-8-22-52(35)42(54)37(26(3)4)50-44(56)58-6/h13-20,23-26,34-37H,7-10,21-22H2,1-6H3,(H,45,47)(H,46,48)(H,49,55)(H,50,56). The van der Waals surface area contributed by atoms with Crippen molar-refractivity contribution in [3.8, 4) is 23.1 Å². The number of methoxy groups -OCH3 is 2. The maximum atomic E-state index is 13.6. The number of benzene rings is 3. The van der Waals surface area contributed by atoms with E-state index < -0.39 is 24.3 Å². The van der Waals surface area contributed by atoms with E-state index in [0.717, 1.165) is 75.7 Å². The van der Waals surface area contributed by atoms with Crippen molar-refractivity contribution in [3.63, 3.8) is 0 Å². The predicted octanol–water partition coefficient (Wildman–Crippen LogP) is 6.59. The maximum absolute atomic E-state index is 13.6. The van der Waals surface area contributed by atoms with Crippen molar-refractivity contribution in [2.24, 2.45) is 11.8 Å². The first-order valence-corrected chi connectivity index (χ1v) is 19.8. The van der Waals surface area contributed by atoms with Crippen molar-refractivity contribution in [1.82, 2.24) is 40.4 Å². The number of hydrogen-bond acceptors (Lipinski definition) is 8. The number of fused-ring (bicyclic) bond motifs is 3. The lowest BCUT2D eigenvalue weighted by Crippen LogP contribution is -2.51. The van der Waals surface area contributed by atoms with Crippen LogP contribution in [-0.2, 0) is 19.1 Å². The average molecular weight is 787 g/mol. The van der Waals surface area contributed by atoms with Crippen LogP contribution in [0.2, 0.25) is 0 Å². The number of aromatic nitrogens is 4. The van der Waals surface area contributed by atoms with Crippen LogP contribution in [0.3, 0.4) is 0 Å². The number of rotatable bonds is 9. The van der Waals surface area contributed by atoms with Gasteiger partial charge in [0.25, 0.3) is 0 Å². The number of carbonyl (C=O) groups excluding carboxylic acids is 4. The van der Waals surface area contributed by atoms with Crippen LogP contribution in [0.25, 0.3) is 33.1 Å². The molecule has 4 N–H and O–H groups in total. The number of aromatic amines is 2. The van der Waals surface area contributed by atoms with Crippen LogP contribution in [0.5, 0.6) is 0 Å². The van der Waals surface area contributed by atoms with Gasteiger partial charge < -0.3 is 39.9 Å². The van der Waals surface area contributed by atoms with Crippen molar-refractivity contribution >= 4 is 45.8 Å². The second kappa shape index (κ2) is 17.0. The van der Waals surface area contributed by atoms with Crippen LogP contribution in [0.15, 0.2) is 60.8 Å². The van der Waals surface area contributed by atoms with E-state index in [1.54, 1.807) is 11.1 Å². The number of likely N-dealkylation sites (tertiary alicyclic amines) is 2. The van der Waals surface area contributed by atoms with Crippen LogP contribution in [0, 0.1) is 23.7 Å². The second-order valence-electron chi connectivity index (χ2n) is 15.6. The third kappa shape index (κ3) is 8.20. The Morgan fingerprint density at radius 3 is 1.90 bits per heavy atom. The molecule has 2 saturated heterocycles. The van der Waals surface area contributed by atoms with Crippen molar-refractivity contribution in [1.29, 1.82) is 0 Å². The second-order valence-corrected chi connectivity index (χ2v) is 15.6. The lowest BCUT2D eigenvalue weighted by atomic mass is 10.0. The number of nitrogens with zero attached hydrogens (tertiary/aromatic N) is 4. The highest BCUT2D eigenvalue weighted by molar-refractivity contribution is 6.04. The van der Waals surface area contributed by atoms with Gasteiger partial charge in [0.15, 0.2) is 0 Å². The summed E-state index contributed by atoms with van der Waals surface area (Å²) in [5.74, 6) is 7.52. The molecule has 7 rings (SSSR count). The number of hydrogen-bond donors (Lipinski definition) is 4. The zero-order valence-corrected chi connectivity index (χ0v) is 33.7. The molecule has 5 aromatic rings. The van der Waals surface area contributed by atoms with Gasteiger partial charge in [-0.15, -0.1) is 0 Å². The predicted molar refractivity (Wildman–Crippen MR) is 219 cm³/mol. The SMILES string of the molecule is COC(=O)NC(C(=O)N1CCCC1c1ncc(-c2ccc(C#Cc3ccc4c(ccc5[nH]c(C6CCCN6C(=O)C(NC(=O)OC)C(C)C)nc54)c3)cc2)[nH]1)C(C)C. The molecule has 3 aromatic carbocycles. The van der Waals surface area contributed by atoms with Gasteiger partial charge in [-0.2, -0.15) is 0 Å². The summed E-state index contributed by atoms with van der Waals surface area (Å²) in [4.78, 5) is 71.3. The molecular weight excluding hydrogens is 737 g/mol. The molecule has 14 heteroatoms. The lowest BCUT2D eigenvalue weighted by molar-refractivity contribution is -0.136. The lowest BCUT2D eigenvalue weighted by Gasteiger charge is -2.30. The van der Waals surface area contributed by atoms with Crippen molar-refractivity contribution in [2.45, 2.75) is 77.5 Å². The molecule has 0 radical (unpaired) electrons. The third-order valence-electron chi connectivity index (χ3n) is 11.1. The van der Waals surface area contributed by atoms with Crippen LogP contribution < -0.4 is 10.6 Å². The number of imidazole rings is 2. The Bertz CT molecular complexity index is 2390. The van der Waals surface area contributed by atoms with E-state index >= 15 is 0 Å². The zero-order chi connectivity index (χ0) is 41.1. The number of ether oxygens (including phenoxy) is 2. The molecule has 0 aliphatic carbocycles. The Morgan fingerprint density at radius 2 is 1.31 bits per heavy atom. The molecule has 4 unspecified atom stereocenters. The number of nitrogens with one attached hydrogen (secondary N) is 4. The Kier molecular flexibility index (Phi) is 11.7. The fourth-order valence-corrected chi connectivity index (χ4v) is 7.97. The topological polar surface area (TPSA) is 175 Å². The van der Waals surface area contributed by atoms with Crippen molar-refractivity contribution in [2.75, 3.05) is 27.3 Å². The number of H-pyrrole nitrogens is 2. The van der Waals surface area contributed by atoms with E-state index in [9.17, 15) is 19.2 Å². The van der Waals surface area contributed by atoms with Gasteiger partial charge in [0.1, 0.15) is 23.7 Å². The van der Waals surface area contributed by atoms with E-state index in [1.165, 1.54) is 14.2 Å². The van der Waals surface area contributed by atoms with Crippen LogP contribution >= 0.6 is 0 Å². The summed E-state index contributed by atoms with van der Waals surface area (Å²) in [5, 5.41) is 7.39. The minimum Gasteiger partial charge on any atom is -0.453 e. The molecule has 302 valence electrons. The van der Waals surface area contributed by atoms with E-state index in [1.807, 2.05) is 81.1 Å². The normalized spacial score (nSPS) is 17.7. The summed E-state index contributed by atoms with van der Waals surface area (Å²) >= 11 is 0. The Hall–Kier alpha value is -6.36. The highest BCUT2D eigenvalue weighted by Crippen LogP contribution is 2.35. The number of alkyl carbamates (subject to hydrolysis) is 2. The molecule has 4 heterocycles. The van der Waals surface area contributed by atoms with Gasteiger partial charge in [-0.25, -0.2) is 19.6 Å². The molecule has 4 atom stereocenters. The van der Waals surface area contributed by atoms with E-state index in [-0.39, 0.29) is 35.7 Å². The van der Waals surface area contributed by atoms with Gasteiger partial charge in [0.2, 0.25) is 11.8 Å². The fourth-order valence-electron chi connectivity index (χ4n) is 7.97. The van der Waals surface area contributed by atoms with Crippen molar-refractivity contribution < 1.29 is 28.7 Å². The van der Waals surface area contributed by atoms with E-state index in [2.05, 4.69) is 43.5 Å². The minimum atomic E-state index is -0.697. The molecule has 4 amide bonds. The summed E-state index contributed by atoms with van der Waals surface area (Å²) in [6, 6.07) is 16.3. The zero-order valence-electron chi connectivity index (χ0n) is 33.7. The number of carbonyl (C=O) groups is 4. The maximum Gasteiger partial charge on any atom is 0.407 e. The largest absolute Gasteiger partial charge is 0.453 e. The van der Waals surface area contributed by atoms with Crippen LogP contribution in [0.1, 0.15) is 88.2 Å².